The lowest BCUT2D eigenvalue weighted by Gasteiger charge is -2.25. The molecule has 1 aromatic carbocycles. The summed E-state index contributed by atoms with van der Waals surface area (Å²) in [5, 5.41) is 25.8. The summed E-state index contributed by atoms with van der Waals surface area (Å²) in [7, 11) is 0. The van der Waals surface area contributed by atoms with Gasteiger partial charge in [0.15, 0.2) is 18.3 Å². The van der Waals surface area contributed by atoms with E-state index in [1.807, 2.05) is 13.8 Å². The third-order valence-electron chi connectivity index (χ3n) is 4.43. The number of rotatable bonds is 6. The molecule has 0 radical (unpaired) electrons. The standard InChI is InChI=1S/C20H18N4O5/c1-12(2)24-16(7-9-23-24)18-14(4-3-8-21-18)20(26,27)29-17-6-5-15-19(13(17)10-25)28-11-22-15/h3-12,26-27H,1-2H3. The number of aromatic nitrogens is 4. The van der Waals surface area contributed by atoms with Gasteiger partial charge in [-0.2, -0.15) is 5.10 Å². The SMILES string of the molecule is CC(C)n1nccc1-c1ncccc1C(O)(O)Oc1ccc2ncoc2c1C=O. The number of carbonyl (C=O) groups excluding carboxylic acids is 1. The minimum atomic E-state index is -2.78. The fourth-order valence-electron chi connectivity index (χ4n) is 3.13. The molecule has 0 fully saturated rings. The number of oxazole rings is 1. The first kappa shape index (κ1) is 18.8. The zero-order chi connectivity index (χ0) is 20.6. The van der Waals surface area contributed by atoms with Crippen LogP contribution in [-0.4, -0.2) is 36.2 Å². The molecule has 3 heterocycles. The van der Waals surface area contributed by atoms with Crippen molar-refractivity contribution in [3.05, 3.63) is 60.2 Å². The van der Waals surface area contributed by atoms with Crippen molar-refractivity contribution in [2.45, 2.75) is 25.9 Å². The molecule has 0 saturated heterocycles. The number of nitrogens with zero attached hydrogens (tertiary/aromatic N) is 4. The van der Waals surface area contributed by atoms with E-state index in [1.54, 1.807) is 29.1 Å². The summed E-state index contributed by atoms with van der Waals surface area (Å²) >= 11 is 0. The van der Waals surface area contributed by atoms with Crippen LogP contribution in [0.2, 0.25) is 0 Å². The Morgan fingerprint density at radius 2 is 2.00 bits per heavy atom. The van der Waals surface area contributed by atoms with E-state index in [1.165, 1.54) is 24.7 Å². The molecule has 3 aromatic heterocycles. The van der Waals surface area contributed by atoms with Crippen LogP contribution in [0.25, 0.3) is 22.5 Å². The average molecular weight is 394 g/mol. The van der Waals surface area contributed by atoms with Crippen LogP contribution in [0.15, 0.2) is 53.5 Å². The molecular formula is C20H18N4O5. The number of pyridine rings is 1. The van der Waals surface area contributed by atoms with E-state index in [-0.39, 0.29) is 34.2 Å². The van der Waals surface area contributed by atoms with Crippen LogP contribution < -0.4 is 4.74 Å². The Morgan fingerprint density at radius 1 is 1.17 bits per heavy atom. The minimum Gasteiger partial charge on any atom is -0.443 e. The molecule has 4 aromatic rings. The van der Waals surface area contributed by atoms with Crippen LogP contribution in [-0.2, 0) is 5.97 Å². The van der Waals surface area contributed by atoms with Gasteiger partial charge in [0.2, 0.25) is 0 Å². The van der Waals surface area contributed by atoms with Gasteiger partial charge >= 0.3 is 5.97 Å². The highest BCUT2D eigenvalue weighted by molar-refractivity contribution is 5.96. The molecule has 0 saturated carbocycles. The van der Waals surface area contributed by atoms with E-state index < -0.39 is 5.97 Å². The summed E-state index contributed by atoms with van der Waals surface area (Å²) in [6.07, 6.45) is 4.84. The Balaban J connectivity index is 1.79. The fraction of sp³-hybridized carbons (Fsp3) is 0.200. The van der Waals surface area contributed by atoms with Gasteiger partial charge in [0, 0.05) is 18.4 Å². The number of hydrogen-bond acceptors (Lipinski definition) is 8. The third-order valence-corrected chi connectivity index (χ3v) is 4.43. The minimum absolute atomic E-state index is 0.00286. The van der Waals surface area contributed by atoms with Gasteiger partial charge in [0.05, 0.1) is 11.3 Å². The van der Waals surface area contributed by atoms with Gasteiger partial charge < -0.3 is 19.4 Å². The number of aliphatic hydroxyl groups is 2. The van der Waals surface area contributed by atoms with Crippen LogP contribution in [0.5, 0.6) is 5.75 Å². The predicted molar refractivity (Wildman–Crippen MR) is 102 cm³/mol. The molecule has 0 amide bonds. The molecular weight excluding hydrogens is 376 g/mol. The highest BCUT2D eigenvalue weighted by Gasteiger charge is 2.35. The monoisotopic (exact) mass is 394 g/mol. The Morgan fingerprint density at radius 3 is 2.76 bits per heavy atom. The molecule has 0 aliphatic heterocycles. The Labute approximate surface area is 165 Å². The van der Waals surface area contributed by atoms with E-state index in [9.17, 15) is 15.0 Å². The van der Waals surface area contributed by atoms with Crippen LogP contribution in [0.1, 0.15) is 35.8 Å². The van der Waals surface area contributed by atoms with Crippen molar-refractivity contribution in [1.29, 1.82) is 0 Å². The molecule has 148 valence electrons. The highest BCUT2D eigenvalue weighted by Crippen LogP contribution is 2.34. The average Bonchev–Trinajstić information content (AvgIpc) is 3.37. The number of carbonyl (C=O) groups is 1. The zero-order valence-corrected chi connectivity index (χ0v) is 15.7. The lowest BCUT2D eigenvalue weighted by Crippen LogP contribution is -2.34. The molecule has 2 N–H and O–H groups in total. The van der Waals surface area contributed by atoms with Crippen LogP contribution >= 0.6 is 0 Å². The van der Waals surface area contributed by atoms with Crippen LogP contribution in [0, 0.1) is 0 Å². The van der Waals surface area contributed by atoms with Gasteiger partial charge in [0.25, 0.3) is 0 Å². The van der Waals surface area contributed by atoms with Crippen molar-refractivity contribution in [1.82, 2.24) is 19.7 Å². The van der Waals surface area contributed by atoms with Gasteiger partial charge in [-0.15, -0.1) is 0 Å². The normalized spacial score (nSPS) is 11.9. The maximum absolute atomic E-state index is 11.6. The second-order valence-electron chi connectivity index (χ2n) is 6.66. The molecule has 9 heteroatoms. The topological polar surface area (TPSA) is 124 Å². The van der Waals surface area contributed by atoms with Crippen molar-refractivity contribution < 1.29 is 24.2 Å². The second kappa shape index (κ2) is 7.12. The van der Waals surface area contributed by atoms with Gasteiger partial charge in [0.1, 0.15) is 22.5 Å². The van der Waals surface area contributed by atoms with Crippen molar-refractivity contribution in [3.8, 4) is 17.1 Å². The van der Waals surface area contributed by atoms with Crippen LogP contribution in [0.3, 0.4) is 0 Å². The fourth-order valence-corrected chi connectivity index (χ4v) is 3.13. The van der Waals surface area contributed by atoms with Gasteiger partial charge in [-0.25, -0.2) is 4.98 Å². The number of hydrogen-bond donors (Lipinski definition) is 2. The lowest BCUT2D eigenvalue weighted by atomic mass is 10.1. The predicted octanol–water partition coefficient (Wildman–Crippen LogP) is 2.65. The first-order valence-corrected chi connectivity index (χ1v) is 8.87. The van der Waals surface area contributed by atoms with E-state index in [2.05, 4.69) is 15.1 Å². The molecule has 0 bridgehead atoms. The quantitative estimate of drug-likeness (QED) is 0.378. The smallest absolute Gasteiger partial charge is 0.353 e. The summed E-state index contributed by atoms with van der Waals surface area (Å²) in [6.45, 7) is 3.90. The summed E-state index contributed by atoms with van der Waals surface area (Å²) in [4.78, 5) is 19.8. The zero-order valence-electron chi connectivity index (χ0n) is 15.7. The molecule has 29 heavy (non-hydrogen) atoms. The van der Waals surface area contributed by atoms with E-state index >= 15 is 0 Å². The van der Waals surface area contributed by atoms with Crippen molar-refractivity contribution >= 4 is 17.4 Å². The first-order valence-electron chi connectivity index (χ1n) is 8.87. The molecule has 4 rings (SSSR count). The lowest BCUT2D eigenvalue weighted by molar-refractivity contribution is -0.303. The summed E-state index contributed by atoms with van der Waals surface area (Å²) < 4.78 is 12.4. The second-order valence-corrected chi connectivity index (χ2v) is 6.66. The highest BCUT2D eigenvalue weighted by atomic mass is 16.8. The molecule has 0 atom stereocenters. The van der Waals surface area contributed by atoms with Crippen molar-refractivity contribution in [2.24, 2.45) is 0 Å². The Kier molecular flexibility index (Phi) is 4.61. The molecule has 0 aliphatic rings. The number of ether oxygens (including phenoxy) is 1. The number of benzene rings is 1. The summed E-state index contributed by atoms with van der Waals surface area (Å²) in [5.41, 5.74) is 1.54. The van der Waals surface area contributed by atoms with Gasteiger partial charge in [-0.1, -0.05) is 0 Å². The van der Waals surface area contributed by atoms with E-state index in [0.29, 0.717) is 17.5 Å². The summed E-state index contributed by atoms with van der Waals surface area (Å²) in [5.74, 6) is -2.84. The first-order chi connectivity index (χ1) is 13.9. The molecule has 0 spiro atoms. The van der Waals surface area contributed by atoms with Crippen molar-refractivity contribution in [3.63, 3.8) is 0 Å². The largest absolute Gasteiger partial charge is 0.443 e. The molecule has 0 unspecified atom stereocenters. The molecule has 0 aliphatic carbocycles. The Bertz CT molecular complexity index is 1180. The number of fused-ring (bicyclic) bond motifs is 1. The van der Waals surface area contributed by atoms with E-state index in [4.69, 9.17) is 9.15 Å². The third kappa shape index (κ3) is 3.26. The maximum Gasteiger partial charge on any atom is 0.353 e. The summed E-state index contributed by atoms with van der Waals surface area (Å²) in [6, 6.07) is 7.75. The number of aldehydes is 1. The van der Waals surface area contributed by atoms with E-state index in [0.717, 1.165) is 0 Å². The maximum atomic E-state index is 11.6. The van der Waals surface area contributed by atoms with Crippen LogP contribution in [0.4, 0.5) is 0 Å². The van der Waals surface area contributed by atoms with Gasteiger partial charge in [-0.05, 0) is 44.2 Å². The van der Waals surface area contributed by atoms with Gasteiger partial charge in [-0.3, -0.25) is 14.5 Å². The Hall–Kier alpha value is -3.56. The van der Waals surface area contributed by atoms with Crippen molar-refractivity contribution in [2.75, 3.05) is 0 Å². The molecule has 9 nitrogen and oxygen atoms in total.